The van der Waals surface area contributed by atoms with Crippen LogP contribution in [0.2, 0.25) is 0 Å². The number of anilines is 1. The Hall–Kier alpha value is -4.12. The highest BCUT2D eigenvalue weighted by Crippen LogP contribution is 2.45. The molecule has 2 unspecified atom stereocenters. The number of carbonyl (C=O) groups is 2. The van der Waals surface area contributed by atoms with E-state index in [0.29, 0.717) is 30.0 Å². The molecule has 2 fully saturated rings. The summed E-state index contributed by atoms with van der Waals surface area (Å²) in [7, 11) is 0. The molecule has 0 spiro atoms. The number of fused-ring (bicyclic) bond motifs is 5. The van der Waals surface area contributed by atoms with Crippen molar-refractivity contribution in [2.45, 2.75) is 50.1 Å². The molecule has 1 amide bonds. The van der Waals surface area contributed by atoms with Gasteiger partial charge in [-0.15, -0.1) is 0 Å². The number of Topliss-reactive ketones (excluding diaryl/α,β-unsaturated/α-hetero) is 1. The third kappa shape index (κ3) is 3.45. The van der Waals surface area contributed by atoms with Gasteiger partial charge in [-0.3, -0.25) is 19.7 Å². The number of hydrogen-bond donors (Lipinski definition) is 3. The lowest BCUT2D eigenvalue weighted by Crippen LogP contribution is -2.47. The number of aliphatic hydroxyl groups excluding tert-OH is 1. The maximum atomic E-state index is 13.2. The third-order valence-electron chi connectivity index (χ3n) is 7.98. The molecule has 4 aromatic rings. The first kappa shape index (κ1) is 22.1. The van der Waals surface area contributed by atoms with Crippen LogP contribution in [0.4, 0.5) is 5.82 Å². The molecule has 11 nitrogen and oxygen atoms in total. The number of ketones is 1. The van der Waals surface area contributed by atoms with E-state index in [4.69, 9.17) is 4.98 Å². The number of amides is 1. The number of rotatable bonds is 4. The molecule has 7 rings (SSSR count). The smallest absolute Gasteiger partial charge is 0.248 e. The molecule has 0 saturated carbocycles. The van der Waals surface area contributed by atoms with Crippen molar-refractivity contribution in [1.29, 1.82) is 0 Å². The van der Waals surface area contributed by atoms with Crippen molar-refractivity contribution < 1.29 is 14.7 Å². The summed E-state index contributed by atoms with van der Waals surface area (Å²) in [6.07, 6.45) is 9.02. The topological polar surface area (TPSA) is 141 Å². The molecule has 0 aromatic carbocycles. The Morgan fingerprint density at radius 1 is 1.11 bits per heavy atom. The summed E-state index contributed by atoms with van der Waals surface area (Å²) >= 11 is 0. The van der Waals surface area contributed by atoms with E-state index in [1.54, 1.807) is 23.1 Å². The van der Waals surface area contributed by atoms with E-state index in [-0.39, 0.29) is 29.7 Å². The summed E-state index contributed by atoms with van der Waals surface area (Å²) in [5.41, 5.74) is 5.32. The Labute approximate surface area is 211 Å². The van der Waals surface area contributed by atoms with E-state index in [2.05, 4.69) is 25.6 Å². The van der Waals surface area contributed by atoms with E-state index < -0.39 is 6.61 Å². The quantitative estimate of drug-likeness (QED) is 0.390. The van der Waals surface area contributed by atoms with Gasteiger partial charge < -0.3 is 15.3 Å². The van der Waals surface area contributed by atoms with Gasteiger partial charge in [0.1, 0.15) is 18.1 Å². The second-order valence-corrected chi connectivity index (χ2v) is 10.0. The maximum absolute atomic E-state index is 13.2. The number of nitrogens with one attached hydrogen (secondary N) is 2. The lowest BCUT2D eigenvalue weighted by Gasteiger charge is -2.39. The molecule has 0 aliphatic carbocycles. The van der Waals surface area contributed by atoms with E-state index in [0.717, 1.165) is 53.9 Å². The highest BCUT2D eigenvalue weighted by Gasteiger charge is 2.45. The van der Waals surface area contributed by atoms with Gasteiger partial charge >= 0.3 is 0 Å². The first-order valence-electron chi connectivity index (χ1n) is 12.7. The Morgan fingerprint density at radius 2 is 1.95 bits per heavy atom. The van der Waals surface area contributed by atoms with Gasteiger partial charge in [-0.05, 0) is 37.8 Å². The summed E-state index contributed by atoms with van der Waals surface area (Å²) in [6.45, 7) is 0.0834. The van der Waals surface area contributed by atoms with Gasteiger partial charge in [-0.1, -0.05) is 6.07 Å². The van der Waals surface area contributed by atoms with Crippen LogP contribution in [-0.4, -0.2) is 76.7 Å². The molecule has 3 aliphatic heterocycles. The second kappa shape index (κ2) is 8.48. The first-order chi connectivity index (χ1) is 18.1. The van der Waals surface area contributed by atoms with Crippen molar-refractivity contribution in [2.75, 3.05) is 18.5 Å². The maximum Gasteiger partial charge on any atom is 0.248 e. The molecular weight excluding hydrogens is 472 g/mol. The van der Waals surface area contributed by atoms with Gasteiger partial charge in [-0.25, -0.2) is 4.98 Å². The number of aromatic amines is 1. The minimum atomic E-state index is -0.466. The van der Waals surface area contributed by atoms with Gasteiger partial charge in [0, 0.05) is 54.5 Å². The minimum Gasteiger partial charge on any atom is -0.387 e. The normalized spacial score (nSPS) is 22.8. The molecule has 188 valence electrons. The highest BCUT2D eigenvalue weighted by molar-refractivity contribution is 6.04. The highest BCUT2D eigenvalue weighted by atomic mass is 16.3. The zero-order valence-electron chi connectivity index (χ0n) is 20.1. The molecule has 3 aliphatic rings. The standard InChI is InChI=1S/C26H26N8O3/c35-13-22(37)33-16-2-3-17(33)10-15(9-16)24-23-21(36)6-7-27-26(23)34-25(31-24)18(12-30-34)14-1-4-19(28-11-14)20-5-8-29-32-20/h1,4-5,8,11-12,15-17,27,35H,2-3,6-7,9-10,13H2,(H,29,32). The molecule has 37 heavy (non-hydrogen) atoms. The monoisotopic (exact) mass is 498 g/mol. The van der Waals surface area contributed by atoms with Crippen LogP contribution in [0.1, 0.15) is 54.1 Å². The number of aliphatic hydroxyl groups is 1. The van der Waals surface area contributed by atoms with E-state index in [9.17, 15) is 14.7 Å². The fraction of sp³-hybridized carbons (Fsp3) is 0.385. The predicted octanol–water partition coefficient (Wildman–Crippen LogP) is 2.41. The summed E-state index contributed by atoms with van der Waals surface area (Å²) in [5.74, 6) is 0.593. The lowest BCUT2D eigenvalue weighted by molar-refractivity contribution is -0.138. The molecule has 7 heterocycles. The zero-order valence-corrected chi connectivity index (χ0v) is 20.1. The Bertz CT molecular complexity index is 1500. The van der Waals surface area contributed by atoms with Crippen LogP contribution in [0, 0.1) is 0 Å². The van der Waals surface area contributed by atoms with Gasteiger partial charge in [0.05, 0.1) is 23.1 Å². The lowest BCUT2D eigenvalue weighted by atomic mass is 9.84. The number of H-pyrrole nitrogens is 1. The molecule has 4 aromatic heterocycles. The summed E-state index contributed by atoms with van der Waals surface area (Å²) in [6, 6.07) is 5.89. The SMILES string of the molecule is O=C1CCNc2c1c(C1CC3CCC(C1)N3C(=O)CO)nc1c(-c3ccc(-c4cc[nH]n4)nc3)cnn21. The molecule has 0 radical (unpaired) electrons. The first-order valence-corrected chi connectivity index (χ1v) is 12.7. The van der Waals surface area contributed by atoms with Gasteiger partial charge in [0.2, 0.25) is 5.91 Å². The van der Waals surface area contributed by atoms with E-state index in [1.165, 1.54) is 0 Å². The van der Waals surface area contributed by atoms with Crippen molar-refractivity contribution in [2.24, 2.45) is 0 Å². The van der Waals surface area contributed by atoms with Gasteiger partial charge in [-0.2, -0.15) is 14.7 Å². The van der Waals surface area contributed by atoms with Gasteiger partial charge in [0.25, 0.3) is 0 Å². The van der Waals surface area contributed by atoms with Crippen LogP contribution in [0.5, 0.6) is 0 Å². The summed E-state index contributed by atoms with van der Waals surface area (Å²) in [5, 5.41) is 24.5. The Kier molecular flexibility index (Phi) is 5.07. The average Bonchev–Trinajstić information content (AvgIpc) is 3.66. The second-order valence-electron chi connectivity index (χ2n) is 10.0. The van der Waals surface area contributed by atoms with Crippen LogP contribution >= 0.6 is 0 Å². The Morgan fingerprint density at radius 3 is 2.65 bits per heavy atom. The van der Waals surface area contributed by atoms with E-state index >= 15 is 0 Å². The number of nitrogens with zero attached hydrogens (tertiary/aromatic N) is 6. The fourth-order valence-corrected chi connectivity index (χ4v) is 6.36. The number of aromatic nitrogens is 6. The summed E-state index contributed by atoms with van der Waals surface area (Å²) < 4.78 is 1.73. The van der Waals surface area contributed by atoms with Gasteiger partial charge in [0.15, 0.2) is 11.4 Å². The Balaban J connectivity index is 1.32. The molecule has 2 bridgehead atoms. The zero-order chi connectivity index (χ0) is 25.1. The molecule has 11 heteroatoms. The number of pyridine rings is 1. The number of piperidine rings is 1. The van der Waals surface area contributed by atoms with Crippen molar-refractivity contribution >= 4 is 23.2 Å². The van der Waals surface area contributed by atoms with Crippen molar-refractivity contribution in [1.82, 2.24) is 34.7 Å². The molecule has 3 N–H and O–H groups in total. The molecular formula is C26H26N8O3. The molecule has 2 atom stereocenters. The van der Waals surface area contributed by atoms with Crippen molar-refractivity contribution in [3.05, 3.63) is 48.0 Å². The fourth-order valence-electron chi connectivity index (χ4n) is 6.36. The third-order valence-corrected chi connectivity index (χ3v) is 7.98. The van der Waals surface area contributed by atoms with Crippen LogP contribution in [-0.2, 0) is 4.79 Å². The molecule has 2 saturated heterocycles. The average molecular weight is 499 g/mol. The largest absolute Gasteiger partial charge is 0.387 e. The van der Waals surface area contributed by atoms with Crippen LogP contribution < -0.4 is 5.32 Å². The van der Waals surface area contributed by atoms with Crippen LogP contribution in [0.3, 0.4) is 0 Å². The van der Waals surface area contributed by atoms with Crippen molar-refractivity contribution in [3.63, 3.8) is 0 Å². The van der Waals surface area contributed by atoms with E-state index in [1.807, 2.05) is 23.1 Å². The number of carbonyl (C=O) groups excluding carboxylic acids is 2. The predicted molar refractivity (Wildman–Crippen MR) is 134 cm³/mol. The van der Waals surface area contributed by atoms with Crippen molar-refractivity contribution in [3.8, 4) is 22.5 Å². The number of hydrogen-bond acceptors (Lipinski definition) is 8. The minimum absolute atomic E-state index is 0.0470. The van der Waals surface area contributed by atoms with Crippen LogP contribution in [0.25, 0.3) is 28.2 Å². The van der Waals surface area contributed by atoms with Crippen LogP contribution in [0.15, 0.2) is 36.8 Å². The summed E-state index contributed by atoms with van der Waals surface area (Å²) in [4.78, 5) is 37.1.